The molecule has 0 saturated carbocycles. The van der Waals surface area contributed by atoms with E-state index in [0.717, 1.165) is 11.0 Å². The van der Waals surface area contributed by atoms with Gasteiger partial charge in [0.1, 0.15) is 5.82 Å². The Bertz CT molecular complexity index is 1430. The lowest BCUT2D eigenvalue weighted by atomic mass is 10.3. The van der Waals surface area contributed by atoms with Gasteiger partial charge in [-0.3, -0.25) is 9.59 Å². The molecule has 3 heterocycles. The van der Waals surface area contributed by atoms with E-state index in [1.165, 1.54) is 4.52 Å². The lowest BCUT2D eigenvalue weighted by Crippen LogP contribution is -2.26. The molecule has 5 rings (SSSR count). The fourth-order valence-corrected chi connectivity index (χ4v) is 3.35. The van der Waals surface area contributed by atoms with Crippen molar-refractivity contribution < 1.29 is 4.79 Å². The number of amides is 1. The number of H-pyrrole nitrogens is 1. The second-order valence-electron chi connectivity index (χ2n) is 6.43. The predicted molar refractivity (Wildman–Crippen MR) is 103 cm³/mol. The summed E-state index contributed by atoms with van der Waals surface area (Å²) in [7, 11) is 1.89. The van der Waals surface area contributed by atoms with Crippen molar-refractivity contribution >= 4 is 33.5 Å². The highest BCUT2D eigenvalue weighted by Gasteiger charge is 2.20. The molecule has 28 heavy (non-hydrogen) atoms. The molecule has 9 nitrogen and oxygen atoms in total. The lowest BCUT2D eigenvalue weighted by Gasteiger charge is -2.04. The van der Waals surface area contributed by atoms with Crippen molar-refractivity contribution in [3.05, 3.63) is 70.4 Å². The molecule has 0 aliphatic heterocycles. The van der Waals surface area contributed by atoms with E-state index in [1.54, 1.807) is 12.1 Å². The van der Waals surface area contributed by atoms with Crippen LogP contribution in [0.3, 0.4) is 0 Å². The summed E-state index contributed by atoms with van der Waals surface area (Å²) < 4.78 is 3.30. The van der Waals surface area contributed by atoms with Gasteiger partial charge in [0.25, 0.3) is 11.5 Å². The number of fused-ring (bicyclic) bond motifs is 4. The van der Waals surface area contributed by atoms with Crippen molar-refractivity contribution in [3.63, 3.8) is 0 Å². The number of rotatable bonds is 3. The molecule has 3 aromatic heterocycles. The maximum Gasteiger partial charge on any atom is 0.277 e. The summed E-state index contributed by atoms with van der Waals surface area (Å²) >= 11 is 0. The van der Waals surface area contributed by atoms with Gasteiger partial charge in [-0.15, -0.1) is 5.10 Å². The van der Waals surface area contributed by atoms with Crippen LogP contribution in [0.1, 0.15) is 16.3 Å². The van der Waals surface area contributed by atoms with Gasteiger partial charge in [0.05, 0.1) is 28.6 Å². The average Bonchev–Trinajstić information content (AvgIpc) is 3.29. The largest absolute Gasteiger partial charge is 0.343 e. The second-order valence-corrected chi connectivity index (χ2v) is 6.43. The monoisotopic (exact) mass is 373 g/mol. The van der Waals surface area contributed by atoms with E-state index in [9.17, 15) is 9.59 Å². The Hall–Kier alpha value is -4.01. The number of aryl methyl sites for hydroxylation is 1. The van der Waals surface area contributed by atoms with Crippen LogP contribution >= 0.6 is 0 Å². The summed E-state index contributed by atoms with van der Waals surface area (Å²) in [4.78, 5) is 32.5. The van der Waals surface area contributed by atoms with Crippen LogP contribution in [0.2, 0.25) is 0 Å². The standard InChI is InChI=1S/C19H15N7O2/c1-25-13-8-4-2-6-11(13)21-15(25)10-20-18(27)16-17-19(28)22-12-7-3-5-9-14(12)26(17)24-23-16/h2-9H,10H2,1H3,(H,20,27)(H,22,28). The number of aromatic nitrogens is 6. The van der Waals surface area contributed by atoms with Gasteiger partial charge in [0.2, 0.25) is 0 Å². The smallest absolute Gasteiger partial charge is 0.277 e. The minimum atomic E-state index is -0.483. The molecule has 0 atom stereocenters. The summed E-state index contributed by atoms with van der Waals surface area (Å²) in [6.45, 7) is 0.203. The third kappa shape index (κ3) is 2.37. The third-order valence-electron chi connectivity index (χ3n) is 4.77. The first-order valence-corrected chi connectivity index (χ1v) is 8.68. The number of imidazole rings is 1. The lowest BCUT2D eigenvalue weighted by molar-refractivity contribution is 0.0946. The van der Waals surface area contributed by atoms with Crippen LogP contribution in [-0.4, -0.2) is 35.3 Å². The average molecular weight is 373 g/mol. The van der Waals surface area contributed by atoms with Gasteiger partial charge >= 0.3 is 0 Å². The van der Waals surface area contributed by atoms with Crippen LogP contribution in [0.5, 0.6) is 0 Å². The number of carbonyl (C=O) groups is 1. The number of carbonyl (C=O) groups excluding carboxylic acids is 1. The molecule has 138 valence electrons. The van der Waals surface area contributed by atoms with E-state index in [4.69, 9.17) is 0 Å². The van der Waals surface area contributed by atoms with Gasteiger partial charge in [-0.2, -0.15) is 0 Å². The molecular formula is C19H15N7O2. The molecule has 0 unspecified atom stereocenters. The van der Waals surface area contributed by atoms with Gasteiger partial charge in [0.15, 0.2) is 11.2 Å². The molecule has 5 aromatic rings. The summed E-state index contributed by atoms with van der Waals surface area (Å²) in [6.07, 6.45) is 0. The Morgan fingerprint density at radius 1 is 1.11 bits per heavy atom. The molecule has 1 amide bonds. The van der Waals surface area contributed by atoms with Crippen molar-refractivity contribution in [2.75, 3.05) is 0 Å². The molecule has 0 bridgehead atoms. The zero-order valence-corrected chi connectivity index (χ0v) is 14.9. The first-order valence-electron chi connectivity index (χ1n) is 8.68. The number of nitrogens with one attached hydrogen (secondary N) is 2. The number of nitrogens with zero attached hydrogens (tertiary/aromatic N) is 5. The quantitative estimate of drug-likeness (QED) is 0.497. The summed E-state index contributed by atoms with van der Waals surface area (Å²) in [5.41, 5.74) is 2.79. The van der Waals surface area contributed by atoms with Crippen molar-refractivity contribution in [3.8, 4) is 0 Å². The maximum absolute atomic E-state index is 12.7. The zero-order valence-electron chi connectivity index (χ0n) is 14.9. The third-order valence-corrected chi connectivity index (χ3v) is 4.77. The Morgan fingerprint density at radius 2 is 1.86 bits per heavy atom. The minimum Gasteiger partial charge on any atom is -0.343 e. The van der Waals surface area contributed by atoms with Crippen molar-refractivity contribution in [1.29, 1.82) is 0 Å². The molecule has 0 spiro atoms. The maximum atomic E-state index is 12.7. The van der Waals surface area contributed by atoms with Gasteiger partial charge in [-0.25, -0.2) is 9.50 Å². The summed E-state index contributed by atoms with van der Waals surface area (Å²) in [6, 6.07) is 14.9. The van der Waals surface area contributed by atoms with Crippen LogP contribution in [0, 0.1) is 0 Å². The van der Waals surface area contributed by atoms with Crippen LogP contribution in [0.15, 0.2) is 53.3 Å². The zero-order chi connectivity index (χ0) is 19.3. The normalized spacial score (nSPS) is 11.5. The number of para-hydroxylation sites is 4. The number of hydrogen-bond donors (Lipinski definition) is 2. The number of aromatic amines is 1. The van der Waals surface area contributed by atoms with Crippen LogP contribution < -0.4 is 10.9 Å². The Labute approximate surface area is 157 Å². The molecule has 9 heteroatoms. The van der Waals surface area contributed by atoms with Crippen LogP contribution in [-0.2, 0) is 13.6 Å². The SMILES string of the molecule is Cn1c(CNC(=O)c2nnn3c2c(=O)[nH]c2ccccc23)nc2ccccc21. The van der Waals surface area contributed by atoms with Gasteiger partial charge < -0.3 is 14.9 Å². The van der Waals surface area contributed by atoms with Gasteiger partial charge in [0, 0.05) is 7.05 Å². The highest BCUT2D eigenvalue weighted by molar-refractivity contribution is 5.99. The molecule has 0 aliphatic rings. The topological polar surface area (TPSA) is 110 Å². The van der Waals surface area contributed by atoms with Gasteiger partial charge in [-0.1, -0.05) is 29.5 Å². The second kappa shape index (κ2) is 6.02. The number of benzene rings is 2. The van der Waals surface area contributed by atoms with Gasteiger partial charge in [-0.05, 0) is 24.3 Å². The minimum absolute atomic E-state index is 0.0224. The summed E-state index contributed by atoms with van der Waals surface area (Å²) in [5.74, 6) is 0.216. The van der Waals surface area contributed by atoms with Crippen molar-refractivity contribution in [2.45, 2.75) is 6.54 Å². The summed E-state index contributed by atoms with van der Waals surface area (Å²) in [5, 5.41) is 10.7. The first kappa shape index (κ1) is 16.2. The molecule has 0 radical (unpaired) electrons. The fraction of sp³-hybridized carbons (Fsp3) is 0.105. The van der Waals surface area contributed by atoms with E-state index in [-0.39, 0.29) is 17.8 Å². The molecular weight excluding hydrogens is 358 g/mol. The fourth-order valence-electron chi connectivity index (χ4n) is 3.35. The molecule has 2 aromatic carbocycles. The first-order chi connectivity index (χ1) is 13.6. The van der Waals surface area contributed by atoms with Crippen LogP contribution in [0.25, 0.3) is 27.6 Å². The Balaban J connectivity index is 1.50. The predicted octanol–water partition coefficient (Wildman–Crippen LogP) is 1.39. The van der Waals surface area contributed by atoms with E-state index in [0.29, 0.717) is 16.9 Å². The van der Waals surface area contributed by atoms with Crippen molar-refractivity contribution in [2.24, 2.45) is 7.05 Å². The van der Waals surface area contributed by atoms with E-state index in [2.05, 4.69) is 25.6 Å². The highest BCUT2D eigenvalue weighted by atomic mass is 16.2. The Morgan fingerprint density at radius 3 is 2.68 bits per heavy atom. The highest BCUT2D eigenvalue weighted by Crippen LogP contribution is 2.15. The molecule has 0 aliphatic carbocycles. The van der Waals surface area contributed by atoms with Crippen molar-refractivity contribution in [1.82, 2.24) is 34.7 Å². The molecule has 0 fully saturated rings. The van der Waals surface area contributed by atoms with E-state index in [1.807, 2.05) is 48.0 Å². The van der Waals surface area contributed by atoms with Crippen LogP contribution in [0.4, 0.5) is 0 Å². The number of hydrogen-bond acceptors (Lipinski definition) is 5. The molecule has 0 saturated heterocycles. The van der Waals surface area contributed by atoms with E-state index < -0.39 is 11.5 Å². The molecule has 2 N–H and O–H groups in total. The Kier molecular flexibility index (Phi) is 3.48. The van der Waals surface area contributed by atoms with E-state index >= 15 is 0 Å².